The van der Waals surface area contributed by atoms with Gasteiger partial charge in [0, 0.05) is 0 Å². The average Bonchev–Trinajstić information content (AvgIpc) is 1.91. The summed E-state index contributed by atoms with van der Waals surface area (Å²) in [5.41, 5.74) is 3.10. The molecule has 0 aromatic rings. The van der Waals surface area contributed by atoms with Gasteiger partial charge in [0.2, 0.25) is 0 Å². The fourth-order valence-electron chi connectivity index (χ4n) is 1.31. The zero-order chi connectivity index (χ0) is 6.53. The maximum atomic E-state index is 3.91. The van der Waals surface area contributed by atoms with Crippen molar-refractivity contribution in [3.63, 3.8) is 0 Å². The molecular formula is C6H13CoN2. The Bertz CT molecular complexity index is 68.7. The molecule has 3 heteroatoms. The maximum absolute atomic E-state index is 3.91. The normalized spacial score (nSPS) is 22.4. The molecule has 0 atom stereocenters. The van der Waals surface area contributed by atoms with Crippen LogP contribution in [0.15, 0.2) is 0 Å². The molecule has 0 amide bonds. The number of hydrogen-bond acceptors (Lipinski definition) is 2. The molecule has 0 aliphatic heterocycles. The van der Waals surface area contributed by atoms with Crippen molar-refractivity contribution in [1.82, 2.24) is 9.90 Å². The van der Waals surface area contributed by atoms with Crippen LogP contribution in [0.2, 0.25) is 0 Å². The molecule has 1 aliphatic carbocycles. The van der Waals surface area contributed by atoms with Crippen LogP contribution in [0.3, 0.4) is 0 Å². The Hall–Kier alpha value is 0.426. The molecular weight excluding hydrogens is 159 g/mol. The van der Waals surface area contributed by atoms with Crippen LogP contribution in [0, 0.1) is 0 Å². The van der Waals surface area contributed by atoms with Gasteiger partial charge in [0.15, 0.2) is 0 Å². The van der Waals surface area contributed by atoms with Crippen molar-refractivity contribution in [2.75, 3.05) is 0 Å². The molecule has 0 radical (unpaired) electrons. The summed E-state index contributed by atoms with van der Waals surface area (Å²) in [4.78, 5) is 0. The topological polar surface area (TPSA) is 24.1 Å². The SMILES string of the molecule is [Co][NH]NC1CCCCC1. The molecule has 1 saturated carbocycles. The van der Waals surface area contributed by atoms with E-state index in [2.05, 4.69) is 25.9 Å². The van der Waals surface area contributed by atoms with Gasteiger partial charge in [-0.2, -0.15) is 0 Å². The summed E-state index contributed by atoms with van der Waals surface area (Å²) in [6.07, 6.45) is 6.74. The predicted octanol–water partition coefficient (Wildman–Crippen LogP) is 0.875. The summed E-state index contributed by atoms with van der Waals surface area (Å²) in [6.45, 7) is 0. The third kappa shape index (κ3) is 2.67. The summed E-state index contributed by atoms with van der Waals surface area (Å²) < 4.78 is 2.67. The number of hydrazine groups is 1. The van der Waals surface area contributed by atoms with E-state index >= 15 is 0 Å². The minimum absolute atomic E-state index is 0.661. The van der Waals surface area contributed by atoms with E-state index in [1.165, 1.54) is 32.1 Å². The summed E-state index contributed by atoms with van der Waals surface area (Å²) >= 11 is 3.91. The third-order valence-corrected chi connectivity index (χ3v) is 2.01. The molecule has 0 aromatic carbocycles. The van der Waals surface area contributed by atoms with E-state index in [9.17, 15) is 0 Å². The molecule has 56 valence electrons. The summed E-state index contributed by atoms with van der Waals surface area (Å²) in [5.74, 6) is 0. The second-order valence-electron chi connectivity index (χ2n) is 2.56. The second-order valence-corrected chi connectivity index (χ2v) is 2.82. The van der Waals surface area contributed by atoms with Crippen LogP contribution in [0.5, 0.6) is 0 Å². The van der Waals surface area contributed by atoms with Crippen LogP contribution in [0.25, 0.3) is 0 Å². The van der Waals surface area contributed by atoms with E-state index in [-0.39, 0.29) is 0 Å². The Kier molecular flexibility index (Phi) is 3.58. The first-order chi connectivity index (χ1) is 4.43. The fraction of sp³-hybridized carbons (Fsp3) is 1.00. The van der Waals surface area contributed by atoms with Crippen LogP contribution >= 0.6 is 0 Å². The zero-order valence-corrected chi connectivity index (χ0v) is 6.49. The van der Waals surface area contributed by atoms with Gasteiger partial charge in [0.25, 0.3) is 0 Å². The Labute approximate surface area is 64.5 Å². The van der Waals surface area contributed by atoms with Crippen molar-refractivity contribution in [1.29, 1.82) is 0 Å². The molecule has 2 nitrogen and oxygen atoms in total. The van der Waals surface area contributed by atoms with Crippen LogP contribution in [-0.4, -0.2) is 6.04 Å². The average molecular weight is 172 g/mol. The summed E-state index contributed by atoms with van der Waals surface area (Å²) in [6, 6.07) is 0.661. The van der Waals surface area contributed by atoms with Gasteiger partial charge in [-0.15, -0.1) is 0 Å². The molecule has 2 N–H and O–H groups in total. The van der Waals surface area contributed by atoms with Crippen molar-refractivity contribution >= 4 is 0 Å². The van der Waals surface area contributed by atoms with Crippen molar-refractivity contribution in [2.24, 2.45) is 0 Å². The molecule has 9 heavy (non-hydrogen) atoms. The molecule has 0 spiro atoms. The second kappa shape index (κ2) is 4.28. The van der Waals surface area contributed by atoms with Crippen molar-refractivity contribution in [2.45, 2.75) is 38.1 Å². The Morgan fingerprint density at radius 3 is 2.33 bits per heavy atom. The monoisotopic (exact) mass is 172 g/mol. The molecule has 0 saturated heterocycles. The van der Waals surface area contributed by atoms with Gasteiger partial charge in [0.1, 0.15) is 0 Å². The molecule has 1 rings (SSSR count). The molecule has 0 aromatic heterocycles. The van der Waals surface area contributed by atoms with Gasteiger partial charge in [-0.25, -0.2) is 0 Å². The van der Waals surface area contributed by atoms with Crippen molar-refractivity contribution in [3.8, 4) is 0 Å². The van der Waals surface area contributed by atoms with E-state index in [1.54, 1.807) is 0 Å². The van der Waals surface area contributed by atoms with Crippen molar-refractivity contribution < 1.29 is 16.0 Å². The van der Waals surface area contributed by atoms with Gasteiger partial charge in [-0.1, -0.05) is 0 Å². The first-order valence-corrected chi connectivity index (χ1v) is 4.04. The molecule has 0 unspecified atom stereocenters. The molecule has 0 bridgehead atoms. The molecule has 1 fully saturated rings. The Balaban J connectivity index is 2.08. The standard InChI is InChI=1S/C6H13N2.Co/c7-8-6-4-2-1-3-5-6;/h6-8H,1-5H2;/q-1;+1. The van der Waals surface area contributed by atoms with Crippen LogP contribution in [0.1, 0.15) is 32.1 Å². The van der Waals surface area contributed by atoms with Gasteiger partial charge in [0.05, 0.1) is 0 Å². The summed E-state index contributed by atoms with van der Waals surface area (Å²) in [7, 11) is 0. The first kappa shape index (κ1) is 7.53. The van der Waals surface area contributed by atoms with Gasteiger partial charge in [-0.3, -0.25) is 0 Å². The predicted molar refractivity (Wildman–Crippen MR) is 33.1 cm³/mol. The Morgan fingerprint density at radius 2 is 1.78 bits per heavy atom. The van der Waals surface area contributed by atoms with E-state index in [0.717, 1.165) is 0 Å². The van der Waals surface area contributed by atoms with Crippen LogP contribution in [-0.2, 0) is 16.0 Å². The van der Waals surface area contributed by atoms with Crippen LogP contribution < -0.4 is 9.90 Å². The van der Waals surface area contributed by atoms with Gasteiger partial charge < -0.3 is 0 Å². The number of rotatable bonds is 2. The van der Waals surface area contributed by atoms with Gasteiger partial charge >= 0.3 is 64.0 Å². The third-order valence-electron chi connectivity index (χ3n) is 1.86. The fourth-order valence-corrected chi connectivity index (χ4v) is 1.53. The van der Waals surface area contributed by atoms with E-state index in [0.29, 0.717) is 6.04 Å². The molecule has 1 aliphatic rings. The van der Waals surface area contributed by atoms with Crippen LogP contribution in [0.4, 0.5) is 0 Å². The van der Waals surface area contributed by atoms with E-state index in [1.807, 2.05) is 0 Å². The minimum atomic E-state index is 0.661. The van der Waals surface area contributed by atoms with E-state index < -0.39 is 0 Å². The Morgan fingerprint density at radius 1 is 1.11 bits per heavy atom. The van der Waals surface area contributed by atoms with Crippen molar-refractivity contribution in [3.05, 3.63) is 0 Å². The zero-order valence-electron chi connectivity index (χ0n) is 5.45. The first-order valence-electron chi connectivity index (χ1n) is 3.52. The number of nitrogens with one attached hydrogen (secondary N) is 2. The summed E-state index contributed by atoms with van der Waals surface area (Å²) in [5, 5.41) is 0. The molecule has 0 heterocycles. The van der Waals surface area contributed by atoms with E-state index in [4.69, 9.17) is 0 Å². The van der Waals surface area contributed by atoms with Gasteiger partial charge in [-0.05, 0) is 0 Å². The number of hydrogen-bond donors (Lipinski definition) is 2. The quantitative estimate of drug-likeness (QED) is 0.604.